The van der Waals surface area contributed by atoms with Gasteiger partial charge in [-0.05, 0) is 26.0 Å². The molecule has 156 valence electrons. The van der Waals surface area contributed by atoms with E-state index in [1.54, 1.807) is 13.2 Å². The van der Waals surface area contributed by atoms with E-state index >= 15 is 0 Å². The highest BCUT2D eigenvalue weighted by molar-refractivity contribution is 5.81. The maximum absolute atomic E-state index is 12.5. The van der Waals surface area contributed by atoms with Crippen LogP contribution in [-0.2, 0) is 11.3 Å². The summed E-state index contributed by atoms with van der Waals surface area (Å²) in [4.78, 5) is 29.5. The Balaban J connectivity index is 1.36. The Kier molecular flexibility index (Phi) is 7.04. The number of carbonyl (C=O) groups is 1. The van der Waals surface area contributed by atoms with Gasteiger partial charge in [0.1, 0.15) is 11.6 Å². The van der Waals surface area contributed by atoms with Crippen molar-refractivity contribution < 1.29 is 9.21 Å². The van der Waals surface area contributed by atoms with Gasteiger partial charge < -0.3 is 24.9 Å². The van der Waals surface area contributed by atoms with Crippen molar-refractivity contribution in [2.24, 2.45) is 4.99 Å². The summed E-state index contributed by atoms with van der Waals surface area (Å²) in [6, 6.07) is 5.89. The van der Waals surface area contributed by atoms with Crippen LogP contribution in [-0.4, -0.2) is 66.5 Å². The highest BCUT2D eigenvalue weighted by Gasteiger charge is 2.21. The lowest BCUT2D eigenvalue weighted by molar-refractivity contribution is -0.131. The molecular formula is C20H29N7O2. The van der Waals surface area contributed by atoms with E-state index < -0.39 is 0 Å². The molecule has 2 aromatic rings. The van der Waals surface area contributed by atoms with Crippen molar-refractivity contribution in [1.82, 2.24) is 25.5 Å². The summed E-state index contributed by atoms with van der Waals surface area (Å²) in [6.45, 7) is 7.79. The number of hydrogen-bond donors (Lipinski definition) is 2. The van der Waals surface area contributed by atoms with E-state index in [-0.39, 0.29) is 5.91 Å². The molecule has 0 saturated carbocycles. The van der Waals surface area contributed by atoms with Crippen LogP contribution in [0.4, 0.5) is 5.82 Å². The van der Waals surface area contributed by atoms with Crippen LogP contribution in [0, 0.1) is 13.8 Å². The average Bonchev–Trinajstić information content (AvgIpc) is 3.08. The van der Waals surface area contributed by atoms with Crippen LogP contribution >= 0.6 is 0 Å². The lowest BCUT2D eigenvalue weighted by atomic mass is 10.2. The molecular weight excluding hydrogens is 370 g/mol. The number of aromatic nitrogens is 2. The van der Waals surface area contributed by atoms with Crippen molar-refractivity contribution in [3.05, 3.63) is 41.7 Å². The molecule has 3 rings (SSSR count). The number of rotatable bonds is 6. The second-order valence-corrected chi connectivity index (χ2v) is 6.91. The molecule has 1 amide bonds. The minimum Gasteiger partial charge on any atom is -0.444 e. The third-order valence-electron chi connectivity index (χ3n) is 4.94. The van der Waals surface area contributed by atoms with Gasteiger partial charge in [0.15, 0.2) is 5.96 Å². The maximum Gasteiger partial charge on any atom is 0.224 e. The van der Waals surface area contributed by atoms with Crippen molar-refractivity contribution >= 4 is 17.7 Å². The fraction of sp³-hybridized carbons (Fsp3) is 0.500. The minimum absolute atomic E-state index is 0.146. The zero-order chi connectivity index (χ0) is 20.6. The predicted octanol–water partition coefficient (Wildman–Crippen LogP) is 1.09. The largest absolute Gasteiger partial charge is 0.444 e. The number of nitrogens with zero attached hydrogens (tertiary/aromatic N) is 5. The summed E-state index contributed by atoms with van der Waals surface area (Å²) in [5.74, 6) is 3.16. The van der Waals surface area contributed by atoms with Gasteiger partial charge in [0.2, 0.25) is 11.8 Å². The Bertz CT molecular complexity index is 807. The van der Waals surface area contributed by atoms with Crippen LogP contribution in [0.5, 0.6) is 0 Å². The Morgan fingerprint density at radius 3 is 2.62 bits per heavy atom. The van der Waals surface area contributed by atoms with Gasteiger partial charge in [-0.3, -0.25) is 9.79 Å². The van der Waals surface area contributed by atoms with E-state index in [1.807, 2.05) is 36.9 Å². The molecule has 1 fully saturated rings. The minimum atomic E-state index is 0.146. The average molecular weight is 399 g/mol. The van der Waals surface area contributed by atoms with Crippen molar-refractivity contribution in [2.45, 2.75) is 26.8 Å². The fourth-order valence-corrected chi connectivity index (χ4v) is 3.17. The number of anilines is 1. The normalized spacial score (nSPS) is 14.8. The summed E-state index contributed by atoms with van der Waals surface area (Å²) in [5, 5.41) is 6.31. The van der Waals surface area contributed by atoms with Crippen LogP contribution < -0.4 is 15.5 Å². The Labute approximate surface area is 171 Å². The molecule has 29 heavy (non-hydrogen) atoms. The van der Waals surface area contributed by atoms with Crippen molar-refractivity contribution in [3.63, 3.8) is 0 Å². The number of carbonyl (C=O) groups excluding carboxylic acids is 1. The third-order valence-corrected chi connectivity index (χ3v) is 4.94. The first kappa shape index (κ1) is 20.6. The molecule has 1 aliphatic rings. The van der Waals surface area contributed by atoms with E-state index in [9.17, 15) is 4.79 Å². The highest BCUT2D eigenvalue weighted by atomic mass is 16.4. The maximum atomic E-state index is 12.5. The summed E-state index contributed by atoms with van der Waals surface area (Å²) < 4.78 is 5.55. The van der Waals surface area contributed by atoms with Gasteiger partial charge in [0.05, 0.1) is 12.2 Å². The van der Waals surface area contributed by atoms with Gasteiger partial charge in [0, 0.05) is 52.4 Å². The standard InChI is InChI=1S/C20H29N7O2/c1-15-16(2)29-18(25-15)14-24-20(21-3)23-9-7-19(28)27-12-10-26(11-13-27)17-6-4-5-8-22-17/h4-6,8H,7,9-14H2,1-3H3,(H2,21,23,24). The monoisotopic (exact) mass is 399 g/mol. The number of oxazole rings is 1. The first-order chi connectivity index (χ1) is 14.1. The Hall–Kier alpha value is -3.10. The molecule has 2 N–H and O–H groups in total. The van der Waals surface area contributed by atoms with Gasteiger partial charge in [-0.2, -0.15) is 0 Å². The fourth-order valence-electron chi connectivity index (χ4n) is 3.17. The number of amides is 1. The molecule has 0 aromatic carbocycles. The van der Waals surface area contributed by atoms with Crippen LogP contribution in [0.1, 0.15) is 23.8 Å². The number of aliphatic imine (C=N–C) groups is 1. The van der Waals surface area contributed by atoms with Crippen molar-refractivity contribution in [2.75, 3.05) is 44.7 Å². The molecule has 0 bridgehead atoms. The van der Waals surface area contributed by atoms with Crippen LogP contribution in [0.15, 0.2) is 33.8 Å². The lowest BCUT2D eigenvalue weighted by Gasteiger charge is -2.35. The van der Waals surface area contributed by atoms with E-state index in [4.69, 9.17) is 4.42 Å². The van der Waals surface area contributed by atoms with Crippen molar-refractivity contribution in [1.29, 1.82) is 0 Å². The van der Waals surface area contributed by atoms with Crippen molar-refractivity contribution in [3.8, 4) is 0 Å². The molecule has 0 unspecified atom stereocenters. The number of piperazine rings is 1. The number of hydrogen-bond acceptors (Lipinski definition) is 6. The molecule has 1 saturated heterocycles. The second-order valence-electron chi connectivity index (χ2n) is 6.91. The summed E-state index contributed by atoms with van der Waals surface area (Å²) in [5.41, 5.74) is 0.887. The number of aryl methyl sites for hydroxylation is 2. The summed E-state index contributed by atoms with van der Waals surface area (Å²) in [6.07, 6.45) is 2.21. The van der Waals surface area contributed by atoms with Crippen LogP contribution in [0.2, 0.25) is 0 Å². The van der Waals surface area contributed by atoms with Gasteiger partial charge in [-0.1, -0.05) is 6.07 Å². The van der Waals surface area contributed by atoms with Gasteiger partial charge in [-0.25, -0.2) is 9.97 Å². The molecule has 9 heteroatoms. The molecule has 0 aliphatic carbocycles. The summed E-state index contributed by atoms with van der Waals surface area (Å²) in [7, 11) is 1.69. The van der Waals surface area contributed by atoms with Crippen LogP contribution in [0.3, 0.4) is 0 Å². The predicted molar refractivity (Wildman–Crippen MR) is 112 cm³/mol. The van der Waals surface area contributed by atoms with E-state index in [1.165, 1.54) is 0 Å². The molecule has 0 spiro atoms. The molecule has 9 nitrogen and oxygen atoms in total. The first-order valence-corrected chi connectivity index (χ1v) is 9.88. The van der Waals surface area contributed by atoms with Gasteiger partial charge >= 0.3 is 0 Å². The zero-order valence-electron chi connectivity index (χ0n) is 17.3. The number of pyridine rings is 1. The first-order valence-electron chi connectivity index (χ1n) is 9.88. The number of nitrogens with one attached hydrogen (secondary N) is 2. The smallest absolute Gasteiger partial charge is 0.224 e. The molecule has 3 heterocycles. The SMILES string of the molecule is CN=C(NCCC(=O)N1CCN(c2ccccn2)CC1)NCc1nc(C)c(C)o1. The zero-order valence-corrected chi connectivity index (χ0v) is 17.3. The molecule has 2 aromatic heterocycles. The van der Waals surface area contributed by atoms with Gasteiger partial charge in [-0.15, -0.1) is 0 Å². The topological polar surface area (TPSA) is 98.9 Å². The quantitative estimate of drug-likeness (QED) is 0.554. The molecule has 0 atom stereocenters. The third kappa shape index (κ3) is 5.69. The highest BCUT2D eigenvalue weighted by Crippen LogP contribution is 2.13. The van der Waals surface area contributed by atoms with Gasteiger partial charge in [0.25, 0.3) is 0 Å². The lowest BCUT2D eigenvalue weighted by Crippen LogP contribution is -2.49. The number of guanidine groups is 1. The molecule has 0 radical (unpaired) electrons. The summed E-state index contributed by atoms with van der Waals surface area (Å²) >= 11 is 0. The van der Waals surface area contributed by atoms with E-state index in [0.717, 1.165) is 30.4 Å². The molecule has 1 aliphatic heterocycles. The Morgan fingerprint density at radius 2 is 2.00 bits per heavy atom. The Morgan fingerprint density at radius 1 is 1.21 bits per heavy atom. The second kappa shape index (κ2) is 9.90. The van der Waals surface area contributed by atoms with Crippen LogP contribution in [0.25, 0.3) is 0 Å². The van der Waals surface area contributed by atoms with E-state index in [2.05, 4.69) is 30.5 Å². The van der Waals surface area contributed by atoms with E-state index in [0.29, 0.717) is 44.5 Å².